The fourth-order valence-corrected chi connectivity index (χ4v) is 1.54. The Morgan fingerprint density at radius 2 is 2.11 bits per heavy atom. The van der Waals surface area contributed by atoms with Gasteiger partial charge in [-0.1, -0.05) is 11.6 Å². The van der Waals surface area contributed by atoms with E-state index in [1.807, 2.05) is 13.0 Å². The molecule has 2 N–H and O–H groups in total. The lowest BCUT2D eigenvalue weighted by Gasteiger charge is -2.05. The van der Waals surface area contributed by atoms with Crippen molar-refractivity contribution in [1.82, 2.24) is 10.2 Å². The molecule has 0 spiro atoms. The van der Waals surface area contributed by atoms with Crippen LogP contribution in [0.3, 0.4) is 0 Å². The third kappa shape index (κ3) is 3.21. The van der Waals surface area contributed by atoms with Crippen molar-refractivity contribution in [3.63, 3.8) is 0 Å². The number of halogens is 1. The predicted molar refractivity (Wildman–Crippen MR) is 67.6 cm³/mol. The minimum absolute atomic E-state index is 0.235. The van der Waals surface area contributed by atoms with Crippen LogP contribution in [0.25, 0.3) is 0 Å². The fraction of sp³-hybridized carbons (Fsp3) is 0.333. The minimum Gasteiger partial charge on any atom is -0.484 e. The van der Waals surface area contributed by atoms with Gasteiger partial charge >= 0.3 is 0 Å². The quantitative estimate of drug-likeness (QED) is 0.898. The molecule has 0 aliphatic heterocycles. The van der Waals surface area contributed by atoms with Crippen molar-refractivity contribution >= 4 is 11.6 Å². The van der Waals surface area contributed by atoms with Gasteiger partial charge in [-0.05, 0) is 30.7 Å². The molecule has 0 bridgehead atoms. The highest BCUT2D eigenvalue weighted by Crippen LogP contribution is 2.21. The molecular formula is C12H14ClN3O2. The second kappa shape index (κ2) is 5.84. The SMILES string of the molecule is Cc1cc(OCc2nnc(CCN)o2)ccc1Cl. The monoisotopic (exact) mass is 267 g/mol. The number of nitrogens with zero attached hydrogens (tertiary/aromatic N) is 2. The van der Waals surface area contributed by atoms with Crippen molar-refractivity contribution in [3.8, 4) is 5.75 Å². The summed E-state index contributed by atoms with van der Waals surface area (Å²) in [4.78, 5) is 0. The molecule has 0 saturated carbocycles. The smallest absolute Gasteiger partial charge is 0.253 e. The van der Waals surface area contributed by atoms with Gasteiger partial charge in [-0.15, -0.1) is 10.2 Å². The van der Waals surface area contributed by atoms with E-state index in [9.17, 15) is 0 Å². The number of benzene rings is 1. The van der Waals surface area contributed by atoms with E-state index < -0.39 is 0 Å². The van der Waals surface area contributed by atoms with Gasteiger partial charge in [0, 0.05) is 18.0 Å². The molecular weight excluding hydrogens is 254 g/mol. The molecule has 0 atom stereocenters. The summed E-state index contributed by atoms with van der Waals surface area (Å²) in [5, 5.41) is 8.43. The largest absolute Gasteiger partial charge is 0.484 e. The van der Waals surface area contributed by atoms with Gasteiger partial charge in [0.25, 0.3) is 5.89 Å². The lowest BCUT2D eigenvalue weighted by atomic mass is 10.2. The van der Waals surface area contributed by atoms with Crippen LogP contribution in [-0.4, -0.2) is 16.7 Å². The molecule has 0 saturated heterocycles. The molecule has 96 valence electrons. The minimum atomic E-state index is 0.235. The van der Waals surface area contributed by atoms with Crippen LogP contribution in [0.2, 0.25) is 5.02 Å². The van der Waals surface area contributed by atoms with Gasteiger partial charge in [0.15, 0.2) is 6.61 Å². The Bertz CT molecular complexity index is 528. The number of hydrogen-bond donors (Lipinski definition) is 1. The van der Waals surface area contributed by atoms with E-state index in [0.717, 1.165) is 11.3 Å². The van der Waals surface area contributed by atoms with Crippen LogP contribution in [0.4, 0.5) is 0 Å². The Balaban J connectivity index is 1.95. The van der Waals surface area contributed by atoms with Gasteiger partial charge < -0.3 is 14.9 Å². The zero-order valence-electron chi connectivity index (χ0n) is 10.0. The molecule has 0 fully saturated rings. The third-order valence-corrected chi connectivity index (χ3v) is 2.78. The standard InChI is InChI=1S/C12H14ClN3O2/c1-8-6-9(2-3-10(8)13)17-7-12-16-15-11(18-12)4-5-14/h2-3,6H,4-5,7,14H2,1H3. The molecule has 0 unspecified atom stereocenters. The number of nitrogens with two attached hydrogens (primary N) is 1. The van der Waals surface area contributed by atoms with Gasteiger partial charge in [0.1, 0.15) is 5.75 Å². The molecule has 1 aromatic heterocycles. The summed E-state index contributed by atoms with van der Waals surface area (Å²) < 4.78 is 10.9. The first-order valence-electron chi connectivity index (χ1n) is 5.59. The van der Waals surface area contributed by atoms with Gasteiger partial charge in [0.2, 0.25) is 5.89 Å². The van der Waals surface area contributed by atoms with E-state index >= 15 is 0 Å². The Morgan fingerprint density at radius 1 is 1.33 bits per heavy atom. The highest BCUT2D eigenvalue weighted by molar-refractivity contribution is 6.31. The summed E-state index contributed by atoms with van der Waals surface area (Å²) in [6, 6.07) is 5.45. The highest BCUT2D eigenvalue weighted by atomic mass is 35.5. The number of rotatable bonds is 5. The third-order valence-electron chi connectivity index (χ3n) is 2.36. The van der Waals surface area contributed by atoms with Gasteiger partial charge in [0.05, 0.1) is 0 Å². The van der Waals surface area contributed by atoms with Crippen LogP contribution in [0.5, 0.6) is 5.75 Å². The molecule has 0 aliphatic rings. The Morgan fingerprint density at radius 3 is 2.83 bits per heavy atom. The van der Waals surface area contributed by atoms with Crippen molar-refractivity contribution in [2.45, 2.75) is 20.0 Å². The number of hydrogen-bond acceptors (Lipinski definition) is 5. The zero-order valence-corrected chi connectivity index (χ0v) is 10.8. The van der Waals surface area contributed by atoms with Crippen molar-refractivity contribution in [1.29, 1.82) is 0 Å². The van der Waals surface area contributed by atoms with Crippen LogP contribution in [-0.2, 0) is 13.0 Å². The average Bonchev–Trinajstić information content (AvgIpc) is 2.79. The summed E-state index contributed by atoms with van der Waals surface area (Å²) in [6.45, 7) is 2.64. The van der Waals surface area contributed by atoms with E-state index in [-0.39, 0.29) is 6.61 Å². The van der Waals surface area contributed by atoms with Crippen molar-refractivity contribution < 1.29 is 9.15 Å². The molecule has 18 heavy (non-hydrogen) atoms. The Hall–Kier alpha value is -1.59. The summed E-state index contributed by atoms with van der Waals surface area (Å²) in [6.07, 6.45) is 0.576. The summed E-state index contributed by atoms with van der Waals surface area (Å²) in [7, 11) is 0. The van der Waals surface area contributed by atoms with Gasteiger partial charge in [-0.25, -0.2) is 0 Å². The van der Waals surface area contributed by atoms with E-state index in [0.29, 0.717) is 29.8 Å². The van der Waals surface area contributed by atoms with Gasteiger partial charge in [-0.2, -0.15) is 0 Å². The Labute approximate surface area is 110 Å². The number of ether oxygens (including phenoxy) is 1. The van der Waals surface area contributed by atoms with Crippen molar-refractivity contribution in [2.24, 2.45) is 5.73 Å². The van der Waals surface area contributed by atoms with Crippen LogP contribution in [0.15, 0.2) is 22.6 Å². The second-order valence-electron chi connectivity index (χ2n) is 3.83. The maximum Gasteiger partial charge on any atom is 0.253 e. The lowest BCUT2D eigenvalue weighted by Crippen LogP contribution is -2.02. The molecule has 0 radical (unpaired) electrons. The molecule has 1 heterocycles. The van der Waals surface area contributed by atoms with E-state index in [1.165, 1.54) is 0 Å². The molecule has 0 amide bonds. The Kier molecular flexibility index (Phi) is 4.17. The van der Waals surface area contributed by atoms with Crippen LogP contribution in [0, 0.1) is 6.92 Å². The molecule has 2 rings (SSSR count). The maximum absolute atomic E-state index is 5.93. The van der Waals surface area contributed by atoms with E-state index in [4.69, 9.17) is 26.5 Å². The summed E-state index contributed by atoms with van der Waals surface area (Å²) in [5.41, 5.74) is 6.36. The normalized spacial score (nSPS) is 10.6. The molecule has 5 nitrogen and oxygen atoms in total. The first kappa shape index (κ1) is 12.9. The molecule has 2 aromatic rings. The molecule has 1 aromatic carbocycles. The summed E-state index contributed by atoms with van der Waals surface area (Å²) in [5.74, 6) is 1.69. The first-order chi connectivity index (χ1) is 8.69. The van der Waals surface area contributed by atoms with Crippen molar-refractivity contribution in [2.75, 3.05) is 6.54 Å². The maximum atomic E-state index is 5.93. The second-order valence-corrected chi connectivity index (χ2v) is 4.24. The van der Waals surface area contributed by atoms with Crippen LogP contribution in [0.1, 0.15) is 17.3 Å². The number of aryl methyl sites for hydroxylation is 1. The first-order valence-corrected chi connectivity index (χ1v) is 5.97. The number of aromatic nitrogens is 2. The van der Waals surface area contributed by atoms with E-state index in [2.05, 4.69) is 10.2 Å². The van der Waals surface area contributed by atoms with Gasteiger partial charge in [-0.3, -0.25) is 0 Å². The predicted octanol–water partition coefficient (Wildman–Crippen LogP) is 2.11. The molecule has 6 heteroatoms. The van der Waals surface area contributed by atoms with E-state index in [1.54, 1.807) is 12.1 Å². The highest BCUT2D eigenvalue weighted by Gasteiger charge is 2.06. The molecule has 0 aliphatic carbocycles. The summed E-state index contributed by atoms with van der Waals surface area (Å²) >= 11 is 5.93. The van der Waals surface area contributed by atoms with Crippen LogP contribution >= 0.6 is 11.6 Å². The van der Waals surface area contributed by atoms with Crippen molar-refractivity contribution in [3.05, 3.63) is 40.6 Å². The average molecular weight is 268 g/mol. The zero-order chi connectivity index (χ0) is 13.0. The van der Waals surface area contributed by atoms with Crippen LogP contribution < -0.4 is 10.5 Å². The lowest BCUT2D eigenvalue weighted by molar-refractivity contribution is 0.259. The topological polar surface area (TPSA) is 74.2 Å². The fourth-order valence-electron chi connectivity index (χ4n) is 1.42.